The van der Waals surface area contributed by atoms with E-state index >= 15 is 0 Å². The molecule has 5 aromatic rings. The van der Waals surface area contributed by atoms with Gasteiger partial charge in [-0.25, -0.2) is 0 Å². The molecule has 4 heteroatoms. The fourth-order valence-electron chi connectivity index (χ4n) is 8.39. The first-order valence-corrected chi connectivity index (χ1v) is 32.6. The Labute approximate surface area is 271 Å². The number of hydrogen-bond acceptors (Lipinski definition) is 0. The van der Waals surface area contributed by atoms with Crippen LogP contribution in [0.2, 0.25) is 4.68 Å². The molecule has 2 aliphatic carbocycles. The number of halogens is 2. The smallest absolute Gasteiger partial charge is 0.147 e. The van der Waals surface area contributed by atoms with Gasteiger partial charge in [-0.15, -0.1) is 24.8 Å². The van der Waals surface area contributed by atoms with Crippen molar-refractivity contribution in [3.05, 3.63) is 161 Å². The zero-order valence-electron chi connectivity index (χ0n) is 25.0. The van der Waals surface area contributed by atoms with Crippen LogP contribution in [0.1, 0.15) is 43.5 Å². The molecule has 0 saturated carbocycles. The van der Waals surface area contributed by atoms with Gasteiger partial charge >= 0.3 is 248 Å². The molecule has 0 aliphatic heterocycles. The molecule has 0 amide bonds. The van der Waals surface area contributed by atoms with Crippen molar-refractivity contribution in [2.24, 2.45) is 0 Å². The predicted molar refractivity (Wildman–Crippen MR) is 192 cm³/mol. The van der Waals surface area contributed by atoms with Crippen molar-refractivity contribution in [3.8, 4) is 22.3 Å². The Bertz CT molecular complexity index is 1810. The van der Waals surface area contributed by atoms with E-state index in [9.17, 15) is 0 Å². The molecule has 0 nitrogen and oxygen atoms in total. The zero-order valence-corrected chi connectivity index (χ0v) is 31.6. The Kier molecular flexibility index (Phi) is 8.82. The van der Waals surface area contributed by atoms with Gasteiger partial charge in [0.05, 0.1) is 0 Å². The van der Waals surface area contributed by atoms with Gasteiger partial charge in [0, 0.05) is 0 Å². The van der Waals surface area contributed by atoms with E-state index in [2.05, 4.69) is 165 Å². The van der Waals surface area contributed by atoms with Gasteiger partial charge in [0.25, 0.3) is 0 Å². The Balaban J connectivity index is 0.00000184. The maximum absolute atomic E-state index is 4.20. The fourth-order valence-corrected chi connectivity index (χ4v) is 44.6. The third kappa shape index (κ3) is 4.92. The van der Waals surface area contributed by atoms with E-state index in [4.69, 9.17) is 0 Å². The minimum Gasteiger partial charge on any atom is -0.147 e. The molecule has 0 spiro atoms. The van der Waals surface area contributed by atoms with Gasteiger partial charge in [-0.05, 0) is 0 Å². The molecule has 216 valence electrons. The van der Waals surface area contributed by atoms with Crippen molar-refractivity contribution in [1.82, 2.24) is 0 Å². The van der Waals surface area contributed by atoms with Crippen molar-refractivity contribution in [3.63, 3.8) is 0 Å². The first-order valence-electron chi connectivity index (χ1n) is 14.7. The normalized spacial score (nSPS) is 17.1. The molecule has 2 aliphatic rings. The molecular weight excluding hydrogens is 746 g/mol. The van der Waals surface area contributed by atoms with Crippen LogP contribution >= 0.6 is 24.8 Å². The quantitative estimate of drug-likeness (QED) is 0.156. The fraction of sp³-hybridized carbons (Fsp3) is 0.128. The molecule has 7 rings (SSSR count). The second kappa shape index (κ2) is 12.0. The van der Waals surface area contributed by atoms with E-state index < -0.39 is 17.1 Å². The number of rotatable bonds is 5. The van der Waals surface area contributed by atoms with Crippen molar-refractivity contribution < 1.29 is 17.1 Å². The maximum atomic E-state index is 2.77. The van der Waals surface area contributed by atoms with E-state index in [0.29, 0.717) is 7.35 Å². The van der Waals surface area contributed by atoms with Crippen LogP contribution in [0.25, 0.3) is 34.4 Å². The number of fused-ring (bicyclic) bond motifs is 2. The van der Waals surface area contributed by atoms with E-state index in [0.717, 1.165) is 0 Å². The molecule has 0 heterocycles. The molecular formula is C39H38Cl2HfSi. The standard InChI is InChI=1S/2C16H13.C6H5.CH3.2ClH.Hf.H2Si/c2*1-12-10-14-8-5-9-15(16(14)11-12)13-6-3-2-4-7-13;1-2-4-6-5-3-1;;;;;/h2*2-11H,1H3;1-5H;1H3;2*1H;;1H2. The Morgan fingerprint density at radius 2 is 0.860 bits per heavy atom. The Hall–Kier alpha value is -2.75. The van der Waals surface area contributed by atoms with Crippen LogP contribution < -0.4 is 3.32 Å². The van der Waals surface area contributed by atoms with Crippen molar-refractivity contribution in [1.29, 1.82) is 0 Å². The molecule has 2 atom stereocenters. The first-order chi connectivity index (χ1) is 19.9. The summed E-state index contributed by atoms with van der Waals surface area (Å²) < 4.78 is 5.25. The van der Waals surface area contributed by atoms with Crippen molar-refractivity contribution in [2.75, 3.05) is 0 Å². The van der Waals surface area contributed by atoms with Gasteiger partial charge in [0.2, 0.25) is 0 Å². The average Bonchev–Trinajstić information content (AvgIpc) is 3.55. The third-order valence-electron chi connectivity index (χ3n) is 9.93. The summed E-state index contributed by atoms with van der Waals surface area (Å²) in [6.45, 7) is 7.26. The summed E-state index contributed by atoms with van der Waals surface area (Å²) in [7, 11) is 0. The van der Waals surface area contributed by atoms with E-state index in [1.165, 1.54) is 55.7 Å². The van der Waals surface area contributed by atoms with Gasteiger partial charge in [0.1, 0.15) is 0 Å². The molecule has 0 fully saturated rings. The molecule has 0 N–H and O–H groups in total. The topological polar surface area (TPSA) is 0 Å². The maximum Gasteiger partial charge on any atom is -0.147 e. The number of benzene rings is 5. The second-order valence-corrected chi connectivity index (χ2v) is 50.1. The van der Waals surface area contributed by atoms with Crippen LogP contribution in [-0.2, 0) is 17.1 Å². The summed E-state index contributed by atoms with van der Waals surface area (Å²) >= 11 is -4.20. The molecule has 0 radical (unpaired) electrons. The minimum atomic E-state index is -4.20. The van der Waals surface area contributed by atoms with Crippen LogP contribution in [0.3, 0.4) is 0 Å². The first kappa shape index (κ1) is 31.7. The third-order valence-corrected chi connectivity index (χ3v) is 44.1. The van der Waals surface area contributed by atoms with E-state index in [1.54, 1.807) is 3.32 Å². The summed E-state index contributed by atoms with van der Waals surface area (Å²) in [5.41, 5.74) is 14.3. The molecule has 0 saturated heterocycles. The van der Waals surface area contributed by atoms with Crippen LogP contribution in [0.4, 0.5) is 0 Å². The Morgan fingerprint density at radius 3 is 1.26 bits per heavy atom. The van der Waals surface area contributed by atoms with Crippen LogP contribution in [0.5, 0.6) is 0 Å². The second-order valence-electron chi connectivity index (χ2n) is 12.6. The SMILES string of the molecule is CC1=Cc2c(-c3ccccc3)cccc2[CH]1[Hf]([CH3])(=[SiH2])([c]1ccccc1)[CH]1C(C)=Cc2c(-c3ccccc3)cccc21.Cl.Cl. The summed E-state index contributed by atoms with van der Waals surface area (Å²) in [4.78, 5) is 0. The van der Waals surface area contributed by atoms with Gasteiger partial charge in [0.15, 0.2) is 0 Å². The molecule has 43 heavy (non-hydrogen) atoms. The number of hydrogen-bond donors (Lipinski definition) is 0. The average molecular weight is 784 g/mol. The van der Waals surface area contributed by atoms with Crippen LogP contribution in [0, 0.1) is 0 Å². The molecule has 5 aromatic carbocycles. The Morgan fingerprint density at radius 1 is 0.488 bits per heavy atom. The minimum absolute atomic E-state index is 0. The van der Waals surface area contributed by atoms with Crippen molar-refractivity contribution >= 4 is 47.2 Å². The van der Waals surface area contributed by atoms with Crippen LogP contribution in [0.15, 0.2) is 139 Å². The van der Waals surface area contributed by atoms with Gasteiger partial charge in [-0.3, -0.25) is 0 Å². The monoisotopic (exact) mass is 784 g/mol. The predicted octanol–water partition coefficient (Wildman–Crippen LogP) is 10.1. The van der Waals surface area contributed by atoms with Crippen LogP contribution in [-0.4, -0.2) is 6.94 Å². The molecule has 2 unspecified atom stereocenters. The zero-order chi connectivity index (χ0) is 28.2. The summed E-state index contributed by atoms with van der Waals surface area (Å²) in [5, 5.41) is 0. The molecule has 0 bridgehead atoms. The van der Waals surface area contributed by atoms with Crippen molar-refractivity contribution in [2.45, 2.75) is 25.9 Å². The van der Waals surface area contributed by atoms with E-state index in [1.807, 2.05) is 0 Å². The van der Waals surface area contributed by atoms with Gasteiger partial charge < -0.3 is 0 Å². The van der Waals surface area contributed by atoms with Gasteiger partial charge in [-0.1, -0.05) is 0 Å². The molecule has 0 aromatic heterocycles. The van der Waals surface area contributed by atoms with Gasteiger partial charge in [-0.2, -0.15) is 0 Å². The summed E-state index contributed by atoms with van der Waals surface area (Å²) in [6, 6.07) is 47.6. The van der Waals surface area contributed by atoms with E-state index in [-0.39, 0.29) is 24.8 Å². The summed E-state index contributed by atoms with van der Waals surface area (Å²) in [5.74, 6) is 0. The number of allylic oxidation sites excluding steroid dienone is 2. The summed E-state index contributed by atoms with van der Waals surface area (Å²) in [6.07, 6.45) is 5.04. The largest absolute Gasteiger partial charge is 0.147 e.